The average molecular weight is 344 g/mol. The van der Waals surface area contributed by atoms with Gasteiger partial charge < -0.3 is 14.8 Å². The molecule has 0 saturated carbocycles. The van der Waals surface area contributed by atoms with Gasteiger partial charge in [-0.3, -0.25) is 4.79 Å². The predicted octanol–water partition coefficient (Wildman–Crippen LogP) is 4.05. The van der Waals surface area contributed by atoms with Crippen molar-refractivity contribution in [1.29, 1.82) is 0 Å². The van der Waals surface area contributed by atoms with Crippen molar-refractivity contribution in [3.63, 3.8) is 0 Å². The monoisotopic (exact) mass is 343 g/mol. The molecule has 0 fully saturated rings. The zero-order valence-corrected chi connectivity index (χ0v) is 17.1. The predicted molar refractivity (Wildman–Crippen MR) is 96.1 cm³/mol. The lowest BCUT2D eigenvalue weighted by Crippen LogP contribution is -2.51. The molecule has 0 radical (unpaired) electrons. The molecule has 5 nitrogen and oxygen atoms in total. The number of nitrogens with one attached hydrogen (secondary N) is 1. The van der Waals surface area contributed by atoms with Gasteiger partial charge in [0, 0.05) is 0 Å². The molecule has 0 aliphatic rings. The Bertz CT molecular complexity index is 444. The van der Waals surface area contributed by atoms with E-state index in [1.807, 2.05) is 19.1 Å². The van der Waals surface area contributed by atoms with Crippen molar-refractivity contribution >= 4 is 20.1 Å². The number of carbonyl (C=O) groups excluding carboxylic acids is 2. The summed E-state index contributed by atoms with van der Waals surface area (Å²) in [6.45, 7) is 17.9. The molecule has 1 amide bonds. The zero-order valence-electron chi connectivity index (χ0n) is 16.1. The fraction of sp³-hybridized carbons (Fsp3) is 0.765. The summed E-state index contributed by atoms with van der Waals surface area (Å²) in [7, 11) is -1.89. The number of amides is 1. The van der Waals surface area contributed by atoms with Gasteiger partial charge in [0.15, 0.2) is 0 Å². The Morgan fingerprint density at radius 1 is 1.13 bits per heavy atom. The minimum Gasteiger partial charge on any atom is -0.461 e. The standard InChI is InChI=1S/C17H33NO4Si/c1-10-11-14(23(8,9)17(5,6)7)21-13(19)12-18-15(20)22-16(2,3)4/h10-11,14H,12H2,1-9H3,(H,18,20)/b11-10-/t14-/m0/s1. The van der Waals surface area contributed by atoms with Gasteiger partial charge in [0.25, 0.3) is 0 Å². The molecule has 1 N–H and O–H groups in total. The number of alkyl carbamates (subject to hydrolysis) is 1. The first-order valence-electron chi connectivity index (χ1n) is 8.00. The van der Waals surface area contributed by atoms with Crippen molar-refractivity contribution in [2.75, 3.05) is 6.54 Å². The van der Waals surface area contributed by atoms with Crippen LogP contribution in [0, 0.1) is 0 Å². The maximum absolute atomic E-state index is 12.1. The van der Waals surface area contributed by atoms with E-state index in [4.69, 9.17) is 9.47 Å². The Kier molecular flexibility index (Phi) is 7.54. The van der Waals surface area contributed by atoms with Crippen molar-refractivity contribution in [1.82, 2.24) is 5.32 Å². The van der Waals surface area contributed by atoms with Crippen molar-refractivity contribution in [3.8, 4) is 0 Å². The summed E-state index contributed by atoms with van der Waals surface area (Å²) < 4.78 is 10.7. The van der Waals surface area contributed by atoms with Crippen molar-refractivity contribution in [2.24, 2.45) is 0 Å². The van der Waals surface area contributed by atoms with E-state index in [9.17, 15) is 9.59 Å². The molecular weight excluding hydrogens is 310 g/mol. The normalized spacial score (nSPS) is 14.5. The third-order valence-corrected chi connectivity index (χ3v) is 9.64. The third kappa shape index (κ3) is 7.68. The molecule has 0 spiro atoms. The SMILES string of the molecule is C/C=C\[C@@H](OC(=O)CNC(=O)OC(C)(C)C)[Si](C)(C)C(C)(C)C. The van der Waals surface area contributed by atoms with E-state index in [0.29, 0.717) is 0 Å². The quantitative estimate of drug-likeness (QED) is 0.465. The Balaban J connectivity index is 4.74. The van der Waals surface area contributed by atoms with Gasteiger partial charge in [-0.05, 0) is 32.7 Å². The Labute approximate surface area is 141 Å². The van der Waals surface area contributed by atoms with E-state index in [1.165, 1.54) is 0 Å². The van der Waals surface area contributed by atoms with Gasteiger partial charge in [0.2, 0.25) is 0 Å². The van der Waals surface area contributed by atoms with Crippen LogP contribution in [0.1, 0.15) is 48.5 Å². The minimum absolute atomic E-state index is 0.0794. The summed E-state index contributed by atoms with van der Waals surface area (Å²) in [5, 5.41) is 2.51. The summed E-state index contributed by atoms with van der Waals surface area (Å²) in [5.41, 5.74) is -0.830. The third-order valence-electron chi connectivity index (χ3n) is 4.05. The van der Waals surface area contributed by atoms with E-state index in [1.54, 1.807) is 20.8 Å². The molecule has 0 saturated heterocycles. The Morgan fingerprint density at radius 2 is 1.65 bits per heavy atom. The molecule has 0 aromatic rings. The van der Waals surface area contributed by atoms with Gasteiger partial charge in [-0.15, -0.1) is 0 Å². The van der Waals surface area contributed by atoms with Crippen LogP contribution in [-0.4, -0.2) is 38.0 Å². The van der Waals surface area contributed by atoms with E-state index >= 15 is 0 Å². The summed E-state index contributed by atoms with van der Waals surface area (Å²) in [6, 6.07) is 0. The highest BCUT2D eigenvalue weighted by atomic mass is 28.3. The second-order valence-corrected chi connectivity index (χ2v) is 13.8. The first kappa shape index (κ1) is 21.7. The van der Waals surface area contributed by atoms with Crippen LogP contribution < -0.4 is 5.32 Å². The molecular formula is C17H33NO4Si. The van der Waals surface area contributed by atoms with E-state index in [0.717, 1.165) is 0 Å². The fourth-order valence-corrected chi connectivity index (χ4v) is 3.62. The maximum atomic E-state index is 12.1. The number of hydrogen-bond acceptors (Lipinski definition) is 4. The fourth-order valence-electron chi connectivity index (χ4n) is 1.67. The van der Waals surface area contributed by atoms with E-state index < -0.39 is 25.7 Å². The second kappa shape index (κ2) is 7.99. The van der Waals surface area contributed by atoms with Gasteiger partial charge in [-0.1, -0.05) is 46.0 Å². The first-order valence-corrected chi connectivity index (χ1v) is 11.1. The number of esters is 1. The number of allylic oxidation sites excluding steroid dienone is 1. The molecule has 0 aliphatic carbocycles. The van der Waals surface area contributed by atoms with Crippen LogP contribution >= 0.6 is 0 Å². The summed E-state index contributed by atoms with van der Waals surface area (Å²) in [5.74, 6) is -0.455. The lowest BCUT2D eigenvalue weighted by molar-refractivity contribution is -0.143. The van der Waals surface area contributed by atoms with Crippen molar-refractivity contribution < 1.29 is 19.1 Å². The smallest absolute Gasteiger partial charge is 0.408 e. The van der Waals surface area contributed by atoms with Crippen molar-refractivity contribution in [3.05, 3.63) is 12.2 Å². The van der Waals surface area contributed by atoms with Gasteiger partial charge in [-0.25, -0.2) is 4.79 Å². The highest BCUT2D eigenvalue weighted by Gasteiger charge is 2.43. The summed E-state index contributed by atoms with van der Waals surface area (Å²) in [4.78, 5) is 23.7. The van der Waals surface area contributed by atoms with Crippen LogP contribution in [0.4, 0.5) is 4.79 Å². The number of ether oxygens (including phenoxy) is 2. The second-order valence-electron chi connectivity index (χ2n) is 8.26. The van der Waals surface area contributed by atoms with Gasteiger partial charge in [0.1, 0.15) is 25.9 Å². The topological polar surface area (TPSA) is 64.6 Å². The summed E-state index contributed by atoms with van der Waals surface area (Å²) >= 11 is 0. The highest BCUT2D eigenvalue weighted by Crippen LogP contribution is 2.39. The van der Waals surface area contributed by atoms with Crippen molar-refractivity contribution in [2.45, 2.75) is 77.9 Å². The largest absolute Gasteiger partial charge is 0.461 e. The molecule has 134 valence electrons. The number of carbonyl (C=O) groups is 2. The van der Waals surface area contributed by atoms with Crippen LogP contribution in [0.5, 0.6) is 0 Å². The van der Waals surface area contributed by atoms with Gasteiger partial charge in [0.05, 0.1) is 0 Å². The van der Waals surface area contributed by atoms with Crippen LogP contribution in [0.15, 0.2) is 12.2 Å². The molecule has 0 aliphatic heterocycles. The lowest BCUT2D eigenvalue weighted by Gasteiger charge is -2.41. The zero-order chi connectivity index (χ0) is 18.5. The highest BCUT2D eigenvalue weighted by molar-refractivity contribution is 6.81. The number of hydrogen-bond donors (Lipinski definition) is 1. The molecule has 0 bridgehead atoms. The van der Waals surface area contributed by atoms with E-state index in [-0.39, 0.29) is 17.3 Å². The molecule has 6 heteroatoms. The molecule has 0 aromatic carbocycles. The molecule has 0 rings (SSSR count). The lowest BCUT2D eigenvalue weighted by atomic mass is 10.2. The van der Waals surface area contributed by atoms with Crippen LogP contribution in [-0.2, 0) is 14.3 Å². The van der Waals surface area contributed by atoms with Crippen LogP contribution in [0.2, 0.25) is 18.1 Å². The van der Waals surface area contributed by atoms with Gasteiger partial charge in [-0.2, -0.15) is 0 Å². The molecule has 0 heterocycles. The Morgan fingerprint density at radius 3 is 2.04 bits per heavy atom. The molecule has 0 aromatic heterocycles. The molecule has 1 atom stereocenters. The van der Waals surface area contributed by atoms with Crippen LogP contribution in [0.3, 0.4) is 0 Å². The average Bonchev–Trinajstić information content (AvgIpc) is 2.32. The maximum Gasteiger partial charge on any atom is 0.408 e. The number of rotatable bonds is 5. The van der Waals surface area contributed by atoms with E-state index in [2.05, 4.69) is 39.2 Å². The molecule has 0 unspecified atom stereocenters. The van der Waals surface area contributed by atoms with Gasteiger partial charge >= 0.3 is 12.1 Å². The summed E-state index contributed by atoms with van der Waals surface area (Å²) in [6.07, 6.45) is 3.21. The Hall–Kier alpha value is -1.30. The first-order chi connectivity index (χ1) is 10.2. The van der Waals surface area contributed by atoms with Crippen LogP contribution in [0.25, 0.3) is 0 Å². The minimum atomic E-state index is -1.89. The molecule has 23 heavy (non-hydrogen) atoms.